The second-order valence-electron chi connectivity index (χ2n) is 2.19. The van der Waals surface area contributed by atoms with E-state index in [1.165, 1.54) is 0 Å². The highest BCUT2D eigenvalue weighted by Crippen LogP contribution is 1.95. The van der Waals surface area contributed by atoms with Gasteiger partial charge in [0.25, 0.3) is 0 Å². The largest absolute Gasteiger partial charge is 0.373 e. The van der Waals surface area contributed by atoms with Crippen LogP contribution in [0.5, 0.6) is 0 Å². The van der Waals surface area contributed by atoms with E-state index in [2.05, 4.69) is 22.1 Å². The third kappa shape index (κ3) is 2.55. The Hall–Kier alpha value is -1.10. The van der Waals surface area contributed by atoms with Crippen molar-refractivity contribution in [1.82, 2.24) is 15.2 Å². The lowest BCUT2D eigenvalue weighted by atomic mass is 10.5. The number of nitrogens with zero attached hydrogens (tertiary/aromatic N) is 2. The fourth-order valence-corrected chi connectivity index (χ4v) is 0.688. The maximum absolute atomic E-state index is 5.27. The van der Waals surface area contributed by atoms with Crippen LogP contribution >= 0.6 is 0 Å². The number of rotatable bonds is 4. The molecule has 3 N–H and O–H groups in total. The molecule has 0 bridgehead atoms. The molecule has 0 saturated heterocycles. The molecule has 1 rings (SSSR count). The molecule has 1 heterocycles. The van der Waals surface area contributed by atoms with Crippen LogP contribution in [0.4, 0.5) is 5.95 Å². The summed E-state index contributed by atoms with van der Waals surface area (Å²) in [6.45, 7) is 3.24. The van der Waals surface area contributed by atoms with Crippen molar-refractivity contribution in [3.8, 4) is 0 Å². The van der Waals surface area contributed by atoms with Crippen LogP contribution in [-0.4, -0.2) is 21.8 Å². The zero-order valence-electron chi connectivity index (χ0n) is 6.50. The van der Waals surface area contributed by atoms with Crippen LogP contribution in [0, 0.1) is 0 Å². The highest BCUT2D eigenvalue weighted by Gasteiger charge is 1.97. The fourth-order valence-electron chi connectivity index (χ4n) is 0.688. The first-order chi connectivity index (χ1) is 5.33. The zero-order chi connectivity index (χ0) is 8.10. The molecule has 0 spiro atoms. The van der Waals surface area contributed by atoms with Gasteiger partial charge in [-0.05, 0) is 6.42 Å². The molecular weight excluding hydrogens is 144 g/mol. The first-order valence-electron chi connectivity index (χ1n) is 3.57. The Morgan fingerprint density at radius 1 is 1.64 bits per heavy atom. The predicted octanol–water partition coefficient (Wildman–Crippen LogP) is 0.314. The van der Waals surface area contributed by atoms with Gasteiger partial charge in [0, 0.05) is 6.61 Å². The van der Waals surface area contributed by atoms with Gasteiger partial charge in [0.2, 0.25) is 5.95 Å². The van der Waals surface area contributed by atoms with Crippen molar-refractivity contribution in [2.24, 2.45) is 0 Å². The lowest BCUT2D eigenvalue weighted by Gasteiger charge is -1.96. The van der Waals surface area contributed by atoms with Gasteiger partial charge >= 0.3 is 0 Å². The minimum atomic E-state index is 0.264. The topological polar surface area (TPSA) is 76.8 Å². The van der Waals surface area contributed by atoms with Gasteiger partial charge in [0.1, 0.15) is 6.61 Å². The van der Waals surface area contributed by atoms with Gasteiger partial charge in [0.15, 0.2) is 5.82 Å². The summed E-state index contributed by atoms with van der Waals surface area (Å²) in [5, 5.41) is 6.31. The average Bonchev–Trinajstić information content (AvgIpc) is 2.37. The number of aromatic amines is 1. The summed E-state index contributed by atoms with van der Waals surface area (Å²) < 4.78 is 5.19. The molecule has 0 saturated carbocycles. The van der Waals surface area contributed by atoms with Crippen LogP contribution in [-0.2, 0) is 11.3 Å². The lowest BCUT2D eigenvalue weighted by molar-refractivity contribution is 0.116. The second-order valence-corrected chi connectivity index (χ2v) is 2.19. The van der Waals surface area contributed by atoms with Crippen LogP contribution in [0.25, 0.3) is 0 Å². The second kappa shape index (κ2) is 3.92. The van der Waals surface area contributed by atoms with Crippen molar-refractivity contribution in [2.45, 2.75) is 20.0 Å². The molecule has 0 aliphatic carbocycles. The highest BCUT2D eigenvalue weighted by atomic mass is 16.5. The van der Waals surface area contributed by atoms with E-state index in [-0.39, 0.29) is 5.95 Å². The number of nitrogens with two attached hydrogens (primary N) is 1. The van der Waals surface area contributed by atoms with E-state index in [1.807, 2.05) is 0 Å². The van der Waals surface area contributed by atoms with Crippen LogP contribution in [0.1, 0.15) is 19.2 Å². The van der Waals surface area contributed by atoms with Crippen LogP contribution in [0.2, 0.25) is 0 Å². The first-order valence-corrected chi connectivity index (χ1v) is 3.57. The molecule has 5 nitrogen and oxygen atoms in total. The zero-order valence-corrected chi connectivity index (χ0v) is 6.50. The molecule has 1 aromatic heterocycles. The Morgan fingerprint density at radius 3 is 3.00 bits per heavy atom. The van der Waals surface area contributed by atoms with Gasteiger partial charge in [-0.1, -0.05) is 6.92 Å². The van der Waals surface area contributed by atoms with Crippen molar-refractivity contribution in [1.29, 1.82) is 0 Å². The SMILES string of the molecule is CCCOCc1nc(N)n[nH]1. The average molecular weight is 156 g/mol. The van der Waals surface area contributed by atoms with Crippen molar-refractivity contribution in [2.75, 3.05) is 12.3 Å². The van der Waals surface area contributed by atoms with E-state index in [0.717, 1.165) is 13.0 Å². The summed E-state index contributed by atoms with van der Waals surface area (Å²) in [5.41, 5.74) is 5.27. The molecule has 0 unspecified atom stereocenters. The van der Waals surface area contributed by atoms with E-state index < -0.39 is 0 Å². The molecule has 0 fully saturated rings. The van der Waals surface area contributed by atoms with Crippen molar-refractivity contribution < 1.29 is 4.74 Å². The van der Waals surface area contributed by atoms with Gasteiger partial charge in [0.05, 0.1) is 0 Å². The number of H-pyrrole nitrogens is 1. The van der Waals surface area contributed by atoms with Gasteiger partial charge < -0.3 is 10.5 Å². The third-order valence-electron chi connectivity index (χ3n) is 1.14. The molecule has 11 heavy (non-hydrogen) atoms. The Kier molecular flexibility index (Phi) is 2.85. The van der Waals surface area contributed by atoms with Gasteiger partial charge in [-0.3, -0.25) is 5.10 Å². The standard InChI is InChI=1S/C6H12N4O/c1-2-3-11-4-5-8-6(7)10-9-5/h2-4H2,1H3,(H3,7,8,9,10). The first kappa shape index (κ1) is 8.00. The fraction of sp³-hybridized carbons (Fsp3) is 0.667. The Bertz CT molecular complexity index is 210. The Balaban J connectivity index is 2.27. The molecule has 0 radical (unpaired) electrons. The van der Waals surface area contributed by atoms with Crippen LogP contribution in [0.15, 0.2) is 0 Å². The number of hydrogen-bond acceptors (Lipinski definition) is 4. The summed E-state index contributed by atoms with van der Waals surface area (Å²) >= 11 is 0. The van der Waals surface area contributed by atoms with E-state index in [4.69, 9.17) is 10.5 Å². The van der Waals surface area contributed by atoms with E-state index in [0.29, 0.717) is 12.4 Å². The van der Waals surface area contributed by atoms with Gasteiger partial charge in [-0.15, -0.1) is 5.10 Å². The molecular formula is C6H12N4O. The molecule has 0 amide bonds. The van der Waals surface area contributed by atoms with Gasteiger partial charge in [-0.25, -0.2) is 0 Å². The van der Waals surface area contributed by atoms with E-state index >= 15 is 0 Å². The van der Waals surface area contributed by atoms with Crippen LogP contribution in [0.3, 0.4) is 0 Å². The Morgan fingerprint density at radius 2 is 2.45 bits per heavy atom. The number of ether oxygens (including phenoxy) is 1. The van der Waals surface area contributed by atoms with Crippen LogP contribution < -0.4 is 5.73 Å². The summed E-state index contributed by atoms with van der Waals surface area (Å²) in [4.78, 5) is 3.87. The van der Waals surface area contributed by atoms with Gasteiger partial charge in [-0.2, -0.15) is 4.98 Å². The van der Waals surface area contributed by atoms with E-state index in [9.17, 15) is 0 Å². The highest BCUT2D eigenvalue weighted by molar-refractivity contribution is 5.11. The lowest BCUT2D eigenvalue weighted by Crippen LogP contribution is -1.96. The van der Waals surface area contributed by atoms with E-state index in [1.54, 1.807) is 0 Å². The molecule has 0 aromatic carbocycles. The monoisotopic (exact) mass is 156 g/mol. The van der Waals surface area contributed by atoms with Crippen molar-refractivity contribution in [3.05, 3.63) is 5.82 Å². The molecule has 1 aromatic rings. The molecule has 5 heteroatoms. The maximum Gasteiger partial charge on any atom is 0.239 e. The molecule has 0 aliphatic rings. The van der Waals surface area contributed by atoms with Crippen molar-refractivity contribution >= 4 is 5.95 Å². The number of nitrogen functional groups attached to an aromatic ring is 1. The number of anilines is 1. The summed E-state index contributed by atoms with van der Waals surface area (Å²) in [6, 6.07) is 0. The normalized spacial score (nSPS) is 10.3. The smallest absolute Gasteiger partial charge is 0.239 e. The summed E-state index contributed by atoms with van der Waals surface area (Å²) in [6.07, 6.45) is 1.00. The number of aromatic nitrogens is 3. The summed E-state index contributed by atoms with van der Waals surface area (Å²) in [7, 11) is 0. The minimum Gasteiger partial charge on any atom is -0.373 e. The minimum absolute atomic E-state index is 0.264. The quantitative estimate of drug-likeness (QED) is 0.615. The van der Waals surface area contributed by atoms with Crippen molar-refractivity contribution in [3.63, 3.8) is 0 Å². The number of hydrogen-bond donors (Lipinski definition) is 2. The third-order valence-corrected chi connectivity index (χ3v) is 1.14. The molecule has 0 aliphatic heterocycles. The molecule has 62 valence electrons. The predicted molar refractivity (Wildman–Crippen MR) is 40.7 cm³/mol. The maximum atomic E-state index is 5.27. The Labute approximate surface area is 65.0 Å². The molecule has 0 atom stereocenters. The summed E-state index contributed by atoms with van der Waals surface area (Å²) in [5.74, 6) is 0.941. The number of nitrogens with one attached hydrogen (secondary N) is 1.